The zero-order chi connectivity index (χ0) is 12.0. The molecule has 1 rings (SSSR count). The van der Waals surface area contributed by atoms with E-state index in [1.54, 1.807) is 7.11 Å². The maximum atomic E-state index is 5.24. The van der Waals surface area contributed by atoms with Gasteiger partial charge in [0.15, 0.2) is 0 Å². The van der Waals surface area contributed by atoms with Crippen LogP contribution in [0.3, 0.4) is 0 Å². The molecule has 96 valence electrons. The van der Waals surface area contributed by atoms with Crippen LogP contribution in [0, 0.1) is 5.92 Å². The van der Waals surface area contributed by atoms with Gasteiger partial charge in [-0.15, -0.1) is 0 Å². The summed E-state index contributed by atoms with van der Waals surface area (Å²) in [5.41, 5.74) is 0. The molecule has 1 heterocycles. The molecule has 1 saturated heterocycles. The number of likely N-dealkylation sites (tertiary alicyclic amines) is 1. The highest BCUT2D eigenvalue weighted by molar-refractivity contribution is 4.82. The molecule has 0 bridgehead atoms. The van der Waals surface area contributed by atoms with E-state index >= 15 is 0 Å². The molecular weight excluding hydrogens is 200 g/mol. The summed E-state index contributed by atoms with van der Waals surface area (Å²) in [7, 11) is 1.81. The third-order valence-electron chi connectivity index (χ3n) is 3.47. The molecule has 0 aliphatic carbocycles. The molecule has 0 radical (unpaired) electrons. The predicted molar refractivity (Wildman–Crippen MR) is 68.8 cm³/mol. The lowest BCUT2D eigenvalue weighted by atomic mass is 10.1. The van der Waals surface area contributed by atoms with Gasteiger partial charge in [0, 0.05) is 32.3 Å². The van der Waals surface area contributed by atoms with E-state index in [0.717, 1.165) is 19.1 Å². The molecule has 1 fully saturated rings. The number of rotatable bonds is 7. The van der Waals surface area contributed by atoms with E-state index < -0.39 is 0 Å². The maximum Gasteiger partial charge on any atom is 0.0503 e. The molecule has 0 aromatic carbocycles. The summed E-state index contributed by atoms with van der Waals surface area (Å²) in [6.07, 6.45) is 2.53. The average molecular weight is 228 g/mol. The standard InChI is InChI=1S/C13H28N2O/c1-5-13(8-14-11(2)3)15-7-6-12(9-15)10-16-4/h11-14H,5-10H2,1-4H3. The summed E-state index contributed by atoms with van der Waals surface area (Å²) < 4.78 is 5.24. The SMILES string of the molecule is CCC(CNC(C)C)N1CCC(COC)C1. The third-order valence-corrected chi connectivity index (χ3v) is 3.47. The Morgan fingerprint density at radius 1 is 1.44 bits per heavy atom. The second-order valence-corrected chi connectivity index (χ2v) is 5.23. The number of methoxy groups -OCH3 is 1. The Balaban J connectivity index is 2.31. The lowest BCUT2D eigenvalue weighted by Gasteiger charge is -2.28. The number of nitrogens with zero attached hydrogens (tertiary/aromatic N) is 1. The molecule has 0 amide bonds. The van der Waals surface area contributed by atoms with Crippen LogP contribution in [0.5, 0.6) is 0 Å². The van der Waals surface area contributed by atoms with E-state index in [1.807, 2.05) is 0 Å². The second kappa shape index (κ2) is 7.25. The van der Waals surface area contributed by atoms with Gasteiger partial charge < -0.3 is 10.1 Å². The van der Waals surface area contributed by atoms with Crippen molar-refractivity contribution in [2.45, 2.75) is 45.7 Å². The first-order valence-corrected chi connectivity index (χ1v) is 6.63. The number of ether oxygens (including phenoxy) is 1. The van der Waals surface area contributed by atoms with Crippen molar-refractivity contribution < 1.29 is 4.74 Å². The zero-order valence-electron chi connectivity index (χ0n) is 11.3. The first kappa shape index (κ1) is 13.9. The van der Waals surface area contributed by atoms with Gasteiger partial charge in [0.25, 0.3) is 0 Å². The zero-order valence-corrected chi connectivity index (χ0v) is 11.3. The summed E-state index contributed by atoms with van der Waals surface area (Å²) in [5, 5.41) is 3.55. The predicted octanol–water partition coefficient (Wildman–Crippen LogP) is 1.73. The highest BCUT2D eigenvalue weighted by atomic mass is 16.5. The van der Waals surface area contributed by atoms with Crippen molar-refractivity contribution in [3.8, 4) is 0 Å². The number of hydrogen-bond acceptors (Lipinski definition) is 3. The Hall–Kier alpha value is -0.120. The van der Waals surface area contributed by atoms with Gasteiger partial charge in [0.1, 0.15) is 0 Å². The summed E-state index contributed by atoms with van der Waals surface area (Å²) in [6.45, 7) is 11.2. The minimum absolute atomic E-state index is 0.589. The molecule has 1 N–H and O–H groups in total. The molecule has 0 spiro atoms. The summed E-state index contributed by atoms with van der Waals surface area (Å²) in [6, 6.07) is 1.29. The van der Waals surface area contributed by atoms with Crippen molar-refractivity contribution in [3.05, 3.63) is 0 Å². The van der Waals surface area contributed by atoms with E-state index in [1.165, 1.54) is 25.9 Å². The van der Waals surface area contributed by atoms with Crippen molar-refractivity contribution in [3.63, 3.8) is 0 Å². The van der Waals surface area contributed by atoms with Crippen LogP contribution in [0.2, 0.25) is 0 Å². The molecule has 3 nitrogen and oxygen atoms in total. The minimum Gasteiger partial charge on any atom is -0.384 e. The molecule has 0 aromatic rings. The van der Waals surface area contributed by atoms with Crippen molar-refractivity contribution in [1.29, 1.82) is 0 Å². The van der Waals surface area contributed by atoms with Gasteiger partial charge in [-0.1, -0.05) is 20.8 Å². The second-order valence-electron chi connectivity index (χ2n) is 5.23. The van der Waals surface area contributed by atoms with Gasteiger partial charge in [-0.05, 0) is 25.3 Å². The fourth-order valence-corrected chi connectivity index (χ4v) is 2.47. The van der Waals surface area contributed by atoms with Crippen LogP contribution in [0.1, 0.15) is 33.6 Å². The van der Waals surface area contributed by atoms with E-state index in [0.29, 0.717) is 12.1 Å². The largest absolute Gasteiger partial charge is 0.384 e. The van der Waals surface area contributed by atoms with Gasteiger partial charge in [-0.25, -0.2) is 0 Å². The van der Waals surface area contributed by atoms with E-state index in [4.69, 9.17) is 4.74 Å². The monoisotopic (exact) mass is 228 g/mol. The van der Waals surface area contributed by atoms with Crippen molar-refractivity contribution in [2.75, 3.05) is 33.4 Å². The van der Waals surface area contributed by atoms with Crippen LogP contribution in [-0.4, -0.2) is 50.3 Å². The quantitative estimate of drug-likeness (QED) is 0.718. The topological polar surface area (TPSA) is 24.5 Å². The summed E-state index contributed by atoms with van der Waals surface area (Å²) >= 11 is 0. The summed E-state index contributed by atoms with van der Waals surface area (Å²) in [5.74, 6) is 0.748. The van der Waals surface area contributed by atoms with Gasteiger partial charge in [0.2, 0.25) is 0 Å². The Kier molecular flexibility index (Phi) is 6.32. The van der Waals surface area contributed by atoms with E-state index in [2.05, 4.69) is 31.0 Å². The fourth-order valence-electron chi connectivity index (χ4n) is 2.47. The first-order valence-electron chi connectivity index (χ1n) is 6.63. The normalized spacial score (nSPS) is 24.2. The van der Waals surface area contributed by atoms with Crippen LogP contribution in [0.4, 0.5) is 0 Å². The van der Waals surface area contributed by atoms with Gasteiger partial charge in [-0.2, -0.15) is 0 Å². The van der Waals surface area contributed by atoms with Crippen molar-refractivity contribution >= 4 is 0 Å². The summed E-state index contributed by atoms with van der Waals surface area (Å²) in [4.78, 5) is 2.62. The highest BCUT2D eigenvalue weighted by Gasteiger charge is 2.26. The lowest BCUT2D eigenvalue weighted by molar-refractivity contribution is 0.145. The molecular formula is C13H28N2O. The van der Waals surface area contributed by atoms with Gasteiger partial charge in [0.05, 0.1) is 6.61 Å². The first-order chi connectivity index (χ1) is 7.67. The number of nitrogens with one attached hydrogen (secondary N) is 1. The van der Waals surface area contributed by atoms with Crippen LogP contribution >= 0.6 is 0 Å². The minimum atomic E-state index is 0.589. The average Bonchev–Trinajstić information content (AvgIpc) is 2.68. The molecule has 3 heteroatoms. The molecule has 16 heavy (non-hydrogen) atoms. The van der Waals surface area contributed by atoms with Crippen LogP contribution < -0.4 is 5.32 Å². The Morgan fingerprint density at radius 2 is 2.19 bits per heavy atom. The smallest absolute Gasteiger partial charge is 0.0503 e. The maximum absolute atomic E-state index is 5.24. The Labute approximate surface area is 101 Å². The Bertz CT molecular complexity index is 185. The molecule has 2 unspecified atom stereocenters. The molecule has 0 aromatic heterocycles. The van der Waals surface area contributed by atoms with Crippen molar-refractivity contribution in [1.82, 2.24) is 10.2 Å². The number of hydrogen-bond donors (Lipinski definition) is 1. The highest BCUT2D eigenvalue weighted by Crippen LogP contribution is 2.19. The van der Waals surface area contributed by atoms with Crippen LogP contribution in [-0.2, 0) is 4.74 Å². The molecule has 1 aliphatic rings. The Morgan fingerprint density at radius 3 is 2.75 bits per heavy atom. The molecule has 1 aliphatic heterocycles. The molecule has 0 saturated carbocycles. The van der Waals surface area contributed by atoms with E-state index in [9.17, 15) is 0 Å². The molecule has 2 atom stereocenters. The lowest BCUT2D eigenvalue weighted by Crippen LogP contribution is -2.42. The van der Waals surface area contributed by atoms with E-state index in [-0.39, 0.29) is 0 Å². The van der Waals surface area contributed by atoms with Crippen LogP contribution in [0.15, 0.2) is 0 Å². The third kappa shape index (κ3) is 4.40. The van der Waals surface area contributed by atoms with Crippen molar-refractivity contribution in [2.24, 2.45) is 5.92 Å². The van der Waals surface area contributed by atoms with Crippen LogP contribution in [0.25, 0.3) is 0 Å². The van der Waals surface area contributed by atoms with Gasteiger partial charge >= 0.3 is 0 Å². The fraction of sp³-hybridized carbons (Fsp3) is 1.00. The van der Waals surface area contributed by atoms with Gasteiger partial charge in [-0.3, -0.25) is 4.90 Å².